The molecule has 0 bridgehead atoms. The smallest absolute Gasteiger partial charge is 0.268 e. The maximum absolute atomic E-state index is 10.3. The standard InChI is InChI=1S/C34H23N5O/c40-32-19-7-6-17-30(32)37-21-20-36(23-37)26-13-8-10-24(22-26)27-14-9-18-31-33(27)35-34-38(25-11-2-1-3-12-25)28-15-4-5-16-29(28)39(31)34/h1-22,40H. The van der Waals surface area contributed by atoms with Gasteiger partial charge in [0.25, 0.3) is 6.33 Å². The highest BCUT2D eigenvalue weighted by atomic mass is 16.3. The zero-order valence-corrected chi connectivity index (χ0v) is 21.4. The summed E-state index contributed by atoms with van der Waals surface area (Å²) in [6.45, 7) is 0. The summed E-state index contributed by atoms with van der Waals surface area (Å²) in [5.41, 5.74) is 9.09. The lowest BCUT2D eigenvalue weighted by Gasteiger charge is -2.08. The minimum absolute atomic E-state index is 0.209. The molecule has 6 nitrogen and oxygen atoms in total. The van der Waals surface area contributed by atoms with E-state index < -0.39 is 0 Å². The summed E-state index contributed by atoms with van der Waals surface area (Å²) in [5.74, 6) is 1.09. The first-order chi connectivity index (χ1) is 19.8. The van der Waals surface area contributed by atoms with E-state index in [9.17, 15) is 5.11 Å². The van der Waals surface area contributed by atoms with Gasteiger partial charge < -0.3 is 5.11 Å². The third-order valence-corrected chi connectivity index (χ3v) is 7.40. The summed E-state index contributed by atoms with van der Waals surface area (Å²) in [5, 5.41) is 10.3. The normalized spacial score (nSPS) is 11.6. The van der Waals surface area contributed by atoms with Crippen LogP contribution in [0.2, 0.25) is 0 Å². The third kappa shape index (κ3) is 3.36. The Balaban J connectivity index is 1.30. The molecule has 6 heteroatoms. The second-order valence-electron chi connectivity index (χ2n) is 9.76. The van der Waals surface area contributed by atoms with Crippen molar-refractivity contribution in [2.75, 3.05) is 0 Å². The third-order valence-electron chi connectivity index (χ3n) is 7.40. The number of aromatic nitrogens is 5. The molecule has 0 radical (unpaired) electrons. The van der Waals surface area contributed by atoms with Crippen molar-refractivity contribution in [3.63, 3.8) is 0 Å². The molecule has 40 heavy (non-hydrogen) atoms. The van der Waals surface area contributed by atoms with E-state index in [2.05, 4.69) is 106 Å². The number of benzene rings is 5. The zero-order valence-electron chi connectivity index (χ0n) is 21.4. The van der Waals surface area contributed by atoms with Gasteiger partial charge in [-0.15, -0.1) is 0 Å². The van der Waals surface area contributed by atoms with E-state index in [1.807, 2.05) is 41.2 Å². The summed E-state index contributed by atoms with van der Waals surface area (Å²) in [7, 11) is 0. The Morgan fingerprint density at radius 3 is 2.27 bits per heavy atom. The van der Waals surface area contributed by atoms with Crippen LogP contribution in [-0.2, 0) is 0 Å². The molecule has 1 N–H and O–H groups in total. The highest BCUT2D eigenvalue weighted by molar-refractivity contribution is 5.99. The van der Waals surface area contributed by atoms with Gasteiger partial charge in [0.15, 0.2) is 0 Å². The lowest BCUT2D eigenvalue weighted by molar-refractivity contribution is -0.599. The average Bonchev–Trinajstić information content (AvgIpc) is 3.71. The maximum atomic E-state index is 10.3. The van der Waals surface area contributed by atoms with Crippen molar-refractivity contribution in [3.8, 4) is 33.9 Å². The monoisotopic (exact) mass is 517 g/mol. The van der Waals surface area contributed by atoms with Crippen molar-refractivity contribution in [1.82, 2.24) is 18.5 Å². The van der Waals surface area contributed by atoms with E-state index in [-0.39, 0.29) is 5.75 Å². The van der Waals surface area contributed by atoms with Crippen LogP contribution >= 0.6 is 0 Å². The van der Waals surface area contributed by atoms with Crippen molar-refractivity contribution in [1.29, 1.82) is 0 Å². The molecule has 0 saturated heterocycles. The number of nitrogens with zero attached hydrogens (tertiary/aromatic N) is 5. The maximum Gasteiger partial charge on any atom is 0.268 e. The van der Waals surface area contributed by atoms with Gasteiger partial charge in [-0.05, 0) is 60.2 Å². The summed E-state index contributed by atoms with van der Waals surface area (Å²) in [6, 6.07) is 40.8. The second kappa shape index (κ2) is 8.71. The van der Waals surface area contributed by atoms with Gasteiger partial charge in [-0.1, -0.05) is 66.7 Å². The molecule has 0 spiro atoms. The van der Waals surface area contributed by atoms with Gasteiger partial charge in [0, 0.05) is 23.6 Å². The van der Waals surface area contributed by atoms with Crippen molar-refractivity contribution in [2.45, 2.75) is 0 Å². The van der Waals surface area contributed by atoms with Gasteiger partial charge in [0.1, 0.15) is 11.4 Å². The number of aromatic hydroxyl groups is 1. The zero-order chi connectivity index (χ0) is 26.6. The van der Waals surface area contributed by atoms with E-state index in [1.54, 1.807) is 10.6 Å². The SMILES string of the molecule is Oc1ccccc1-[n+]1[c-]n(-c2cccc(-c3cccc4c3nc3n(-c5ccccc5)c5ccccc5n43)c2)cc1. The Hall–Kier alpha value is -5.62. The van der Waals surface area contributed by atoms with E-state index in [0.29, 0.717) is 5.69 Å². The number of phenols is 1. The molecule has 5 aromatic carbocycles. The van der Waals surface area contributed by atoms with Crippen LogP contribution in [0.1, 0.15) is 0 Å². The lowest BCUT2D eigenvalue weighted by atomic mass is 10.0. The van der Waals surface area contributed by atoms with E-state index in [1.165, 1.54) is 0 Å². The quantitative estimate of drug-likeness (QED) is 0.209. The summed E-state index contributed by atoms with van der Waals surface area (Å²) in [6.07, 6.45) is 7.14. The molecule has 0 aliphatic heterocycles. The van der Waals surface area contributed by atoms with Crippen LogP contribution in [0.15, 0.2) is 134 Å². The lowest BCUT2D eigenvalue weighted by Crippen LogP contribution is -2.28. The van der Waals surface area contributed by atoms with Gasteiger partial charge in [0.05, 0.1) is 27.8 Å². The first-order valence-electron chi connectivity index (χ1n) is 13.1. The average molecular weight is 518 g/mol. The second-order valence-corrected chi connectivity index (χ2v) is 9.76. The fraction of sp³-hybridized carbons (Fsp3) is 0. The first-order valence-corrected chi connectivity index (χ1v) is 13.1. The van der Waals surface area contributed by atoms with Crippen molar-refractivity contribution < 1.29 is 9.67 Å². The number of phenolic OH excluding ortho intramolecular Hbond substituents is 1. The predicted molar refractivity (Wildman–Crippen MR) is 156 cm³/mol. The van der Waals surface area contributed by atoms with Crippen molar-refractivity contribution in [2.24, 2.45) is 0 Å². The van der Waals surface area contributed by atoms with E-state index in [0.717, 1.165) is 50.3 Å². The van der Waals surface area contributed by atoms with E-state index in [4.69, 9.17) is 4.98 Å². The van der Waals surface area contributed by atoms with Crippen LogP contribution in [0, 0.1) is 6.33 Å². The molecule has 0 aliphatic rings. The molecule has 0 atom stereocenters. The number of imidazole rings is 3. The molecule has 3 aromatic heterocycles. The van der Waals surface area contributed by atoms with Gasteiger partial charge in [0.2, 0.25) is 5.78 Å². The molecular formula is C34H23N5O. The number of hydrogen-bond acceptors (Lipinski definition) is 2. The molecule has 8 aromatic rings. The highest BCUT2D eigenvalue weighted by Gasteiger charge is 2.19. The van der Waals surface area contributed by atoms with Crippen LogP contribution < -0.4 is 4.57 Å². The Kier molecular flexibility index (Phi) is 4.87. The van der Waals surface area contributed by atoms with Gasteiger partial charge in [-0.2, -0.15) is 0 Å². The number of fused-ring (bicyclic) bond motifs is 5. The molecule has 190 valence electrons. The fourth-order valence-corrected chi connectivity index (χ4v) is 5.57. The summed E-state index contributed by atoms with van der Waals surface area (Å²) >= 11 is 0. The summed E-state index contributed by atoms with van der Waals surface area (Å²) in [4.78, 5) is 5.24. The molecule has 3 heterocycles. The molecule has 0 aliphatic carbocycles. The number of rotatable bonds is 4. The minimum Gasteiger partial charge on any atom is -0.511 e. The largest absolute Gasteiger partial charge is 0.511 e. The van der Waals surface area contributed by atoms with Crippen LogP contribution in [0.25, 0.3) is 56.0 Å². The molecule has 8 rings (SSSR count). The van der Waals surface area contributed by atoms with Gasteiger partial charge in [-0.3, -0.25) is 18.1 Å². The number of para-hydroxylation sites is 6. The first kappa shape index (κ1) is 22.4. The van der Waals surface area contributed by atoms with Crippen molar-refractivity contribution >= 4 is 27.8 Å². The molecule has 0 saturated carbocycles. The van der Waals surface area contributed by atoms with Gasteiger partial charge >= 0.3 is 0 Å². The Labute approximate surface area is 229 Å². The molecule has 0 fully saturated rings. The van der Waals surface area contributed by atoms with Crippen LogP contribution in [0.5, 0.6) is 5.75 Å². The van der Waals surface area contributed by atoms with Crippen LogP contribution in [-0.4, -0.2) is 23.6 Å². The fourth-order valence-electron chi connectivity index (χ4n) is 5.57. The molecule has 0 amide bonds. The minimum atomic E-state index is 0.209. The van der Waals surface area contributed by atoms with E-state index >= 15 is 0 Å². The number of hydrogen-bond donors (Lipinski definition) is 1. The predicted octanol–water partition coefficient (Wildman–Crippen LogP) is 6.67. The highest BCUT2D eigenvalue weighted by Crippen LogP contribution is 2.34. The van der Waals surface area contributed by atoms with Crippen molar-refractivity contribution in [3.05, 3.63) is 140 Å². The van der Waals surface area contributed by atoms with Crippen LogP contribution in [0.3, 0.4) is 0 Å². The Bertz CT molecular complexity index is 2190. The topological polar surface area (TPSA) is 51.3 Å². The summed E-state index contributed by atoms with van der Waals surface area (Å²) < 4.78 is 8.19. The molecular weight excluding hydrogens is 494 g/mol. The molecule has 0 unspecified atom stereocenters. The Morgan fingerprint density at radius 1 is 0.675 bits per heavy atom. The Morgan fingerprint density at radius 2 is 1.40 bits per heavy atom. The van der Waals surface area contributed by atoms with Crippen LogP contribution in [0.4, 0.5) is 0 Å². The van der Waals surface area contributed by atoms with Gasteiger partial charge in [-0.25, -0.2) is 4.98 Å².